The first-order valence-electron chi connectivity index (χ1n) is 21.4. The molecule has 0 atom stereocenters. The van der Waals surface area contributed by atoms with Crippen molar-refractivity contribution in [2.45, 2.75) is 26.4 Å². The quantitative estimate of drug-likeness (QED) is 0.0610. The zero-order valence-corrected chi connectivity index (χ0v) is 36.0. The van der Waals surface area contributed by atoms with Gasteiger partial charge in [-0.15, -0.1) is 0 Å². The number of carbonyl (C=O) groups is 2. The van der Waals surface area contributed by atoms with Gasteiger partial charge in [0.05, 0.1) is 11.1 Å². The lowest BCUT2D eigenvalue weighted by molar-refractivity contribution is 0.103. The van der Waals surface area contributed by atoms with Gasteiger partial charge in [0.1, 0.15) is 60.9 Å². The lowest BCUT2D eigenvalue weighted by Gasteiger charge is -2.17. The predicted molar refractivity (Wildman–Crippen MR) is 258 cm³/mol. The van der Waals surface area contributed by atoms with Crippen molar-refractivity contribution >= 4 is 23.7 Å². The maximum Gasteiger partial charge on any atom is 0.189 e. The van der Waals surface area contributed by atoms with Crippen molar-refractivity contribution < 1.29 is 38.7 Å². The van der Waals surface area contributed by atoms with E-state index in [0.717, 1.165) is 22.3 Å². The lowest BCUT2D eigenvalue weighted by Crippen LogP contribution is -2.01. The van der Waals surface area contributed by atoms with Crippen molar-refractivity contribution in [3.63, 3.8) is 0 Å². The molecule has 8 aromatic carbocycles. The highest BCUT2D eigenvalue weighted by Gasteiger charge is 2.17. The third-order valence-electron chi connectivity index (χ3n) is 10.6. The van der Waals surface area contributed by atoms with Crippen LogP contribution in [0.3, 0.4) is 0 Å². The summed E-state index contributed by atoms with van der Waals surface area (Å²) in [6.07, 6.45) is 6.20. The molecule has 0 spiro atoms. The number of rotatable bonds is 19. The summed E-state index contributed by atoms with van der Waals surface area (Å²) >= 11 is 0. The monoisotopic (exact) mass is 870 g/mol. The Kier molecular flexibility index (Phi) is 14.4. The summed E-state index contributed by atoms with van der Waals surface area (Å²) in [5, 5.41) is 21.7. The first-order valence-corrected chi connectivity index (χ1v) is 21.4. The van der Waals surface area contributed by atoms with E-state index in [-0.39, 0.29) is 22.6 Å². The van der Waals surface area contributed by atoms with E-state index in [9.17, 15) is 19.8 Å². The molecule has 0 aromatic heterocycles. The van der Waals surface area contributed by atoms with Crippen molar-refractivity contribution in [1.82, 2.24) is 0 Å². The van der Waals surface area contributed by atoms with Crippen LogP contribution in [0.15, 0.2) is 206 Å². The molecule has 0 bridgehead atoms. The first-order chi connectivity index (χ1) is 32.3. The van der Waals surface area contributed by atoms with Crippen LogP contribution < -0.4 is 18.9 Å². The molecule has 0 aliphatic heterocycles. The molecule has 0 amide bonds. The second kappa shape index (κ2) is 21.6. The van der Waals surface area contributed by atoms with Gasteiger partial charge >= 0.3 is 0 Å². The van der Waals surface area contributed by atoms with Crippen LogP contribution in [0, 0.1) is 0 Å². The molecule has 8 aromatic rings. The minimum absolute atomic E-state index is 0.132. The highest BCUT2D eigenvalue weighted by Crippen LogP contribution is 2.40. The van der Waals surface area contributed by atoms with Gasteiger partial charge in [-0.3, -0.25) is 9.59 Å². The minimum Gasteiger partial charge on any atom is -0.507 e. The molecule has 0 saturated carbocycles. The van der Waals surface area contributed by atoms with E-state index in [0.29, 0.717) is 71.7 Å². The summed E-state index contributed by atoms with van der Waals surface area (Å²) in [7, 11) is 0. The average molecular weight is 871 g/mol. The van der Waals surface area contributed by atoms with E-state index in [4.69, 9.17) is 18.9 Å². The van der Waals surface area contributed by atoms with Crippen LogP contribution in [0.5, 0.6) is 34.5 Å². The summed E-state index contributed by atoms with van der Waals surface area (Å²) in [5.74, 6) is 0.843. The highest BCUT2D eigenvalue weighted by molar-refractivity contribution is 6.09. The molecule has 0 radical (unpaired) electrons. The molecule has 8 nitrogen and oxygen atoms in total. The summed E-state index contributed by atoms with van der Waals surface area (Å²) in [4.78, 5) is 27.0. The number of hydrogen-bond donors (Lipinski definition) is 2. The highest BCUT2D eigenvalue weighted by atomic mass is 16.5. The number of phenols is 2. The number of ketones is 2. The summed E-state index contributed by atoms with van der Waals surface area (Å²) < 4.78 is 24.6. The Hall–Kier alpha value is -8.62. The first kappa shape index (κ1) is 44.0. The normalized spacial score (nSPS) is 11.1. The van der Waals surface area contributed by atoms with Crippen molar-refractivity contribution in [2.75, 3.05) is 0 Å². The van der Waals surface area contributed by atoms with Crippen LogP contribution in [0.2, 0.25) is 0 Å². The van der Waals surface area contributed by atoms with Gasteiger partial charge in [-0.2, -0.15) is 0 Å². The molecule has 0 aliphatic carbocycles. The van der Waals surface area contributed by atoms with Crippen LogP contribution in [-0.4, -0.2) is 21.8 Å². The topological polar surface area (TPSA) is 112 Å². The van der Waals surface area contributed by atoms with E-state index in [2.05, 4.69) is 0 Å². The van der Waals surface area contributed by atoms with Gasteiger partial charge in [0.2, 0.25) is 0 Å². The number of hydrogen-bond acceptors (Lipinski definition) is 8. The Morgan fingerprint density at radius 1 is 0.379 bits per heavy atom. The predicted octanol–water partition coefficient (Wildman–Crippen LogP) is 12.9. The SMILES string of the molecule is O=C(/C=C/c1ccc(OCc2ccccc2)c(-c2cc(/C=C/C(=O)c3ccc(OCc4ccccc4)cc3O)ccc2OCc2ccccc2)c1)c1ccc(OCc2ccccc2)cc1O. The molecule has 0 saturated heterocycles. The van der Waals surface area contributed by atoms with Crippen molar-refractivity contribution in [3.8, 4) is 45.6 Å². The molecule has 8 heteroatoms. The number of carbonyl (C=O) groups excluding carboxylic acids is 2. The fourth-order valence-electron chi connectivity index (χ4n) is 7.07. The van der Waals surface area contributed by atoms with Gasteiger partial charge in [-0.25, -0.2) is 0 Å². The minimum atomic E-state index is -0.392. The van der Waals surface area contributed by atoms with Crippen LogP contribution in [0.4, 0.5) is 0 Å². The van der Waals surface area contributed by atoms with E-state index in [1.54, 1.807) is 36.4 Å². The fourth-order valence-corrected chi connectivity index (χ4v) is 7.07. The molecule has 8 rings (SSSR count). The Morgan fingerprint density at radius 3 is 1.05 bits per heavy atom. The molecule has 2 N–H and O–H groups in total. The van der Waals surface area contributed by atoms with E-state index >= 15 is 0 Å². The van der Waals surface area contributed by atoms with Gasteiger partial charge < -0.3 is 29.2 Å². The Labute approximate surface area is 383 Å². The van der Waals surface area contributed by atoms with Crippen LogP contribution >= 0.6 is 0 Å². The Balaban J connectivity index is 1.08. The zero-order valence-electron chi connectivity index (χ0n) is 36.0. The maximum absolute atomic E-state index is 13.5. The van der Waals surface area contributed by atoms with E-state index < -0.39 is 11.6 Å². The van der Waals surface area contributed by atoms with Crippen LogP contribution in [0.25, 0.3) is 23.3 Å². The number of aromatic hydroxyl groups is 2. The maximum atomic E-state index is 13.5. The average Bonchev–Trinajstić information content (AvgIpc) is 3.36. The van der Waals surface area contributed by atoms with Gasteiger partial charge in [-0.05, 0) is 94.1 Å². The van der Waals surface area contributed by atoms with Crippen molar-refractivity contribution in [1.29, 1.82) is 0 Å². The number of benzene rings is 8. The lowest BCUT2D eigenvalue weighted by atomic mass is 9.97. The molecule has 0 heterocycles. The molecule has 326 valence electrons. The smallest absolute Gasteiger partial charge is 0.189 e. The third kappa shape index (κ3) is 11.9. The summed E-state index contributed by atoms with van der Waals surface area (Å²) in [6.45, 7) is 1.23. The summed E-state index contributed by atoms with van der Waals surface area (Å²) in [5.41, 5.74) is 6.90. The van der Waals surface area contributed by atoms with Gasteiger partial charge in [0, 0.05) is 23.3 Å². The fraction of sp³-hybridized carbons (Fsp3) is 0.0690. The molecule has 0 unspecified atom stereocenters. The molecular weight excluding hydrogens is 825 g/mol. The van der Waals surface area contributed by atoms with Gasteiger partial charge in [0.15, 0.2) is 11.6 Å². The molecule has 66 heavy (non-hydrogen) atoms. The standard InChI is InChI=1S/C58H46O8/c59-53(49-27-25-47(35-55(49)61)63-37-43-13-5-1-6-14-43)29-21-41-23-31-57(65-39-45-17-9-3-10-18-45)51(33-41)52-34-42(24-32-58(52)66-40-46-19-11-4-12-20-46)22-30-54(60)50-28-26-48(36-56(50)62)64-38-44-15-7-2-8-16-44/h1-36,61-62H,37-40H2/b29-21+,30-22+. The Morgan fingerprint density at radius 2 is 0.712 bits per heavy atom. The van der Waals surface area contributed by atoms with Crippen LogP contribution in [0.1, 0.15) is 54.1 Å². The van der Waals surface area contributed by atoms with Crippen molar-refractivity contribution in [3.05, 3.63) is 251 Å². The second-order valence-corrected chi connectivity index (χ2v) is 15.4. The van der Waals surface area contributed by atoms with Crippen molar-refractivity contribution in [2.24, 2.45) is 0 Å². The largest absolute Gasteiger partial charge is 0.507 e. The molecule has 0 fully saturated rings. The van der Waals surface area contributed by atoms with Gasteiger partial charge in [0.25, 0.3) is 0 Å². The zero-order chi connectivity index (χ0) is 45.5. The molecule has 0 aliphatic rings. The number of allylic oxidation sites excluding steroid dienone is 2. The van der Waals surface area contributed by atoms with E-state index in [1.807, 2.05) is 158 Å². The van der Waals surface area contributed by atoms with Gasteiger partial charge in [-0.1, -0.05) is 146 Å². The van der Waals surface area contributed by atoms with E-state index in [1.165, 1.54) is 24.3 Å². The number of phenolic OH excluding ortho intramolecular Hbond substituents is 2. The molecular formula is C58H46O8. The second-order valence-electron chi connectivity index (χ2n) is 15.4. The number of ether oxygens (including phenoxy) is 4. The third-order valence-corrected chi connectivity index (χ3v) is 10.6. The Bertz CT molecular complexity index is 2760. The van der Waals surface area contributed by atoms with Crippen LogP contribution in [-0.2, 0) is 26.4 Å². The summed E-state index contributed by atoms with van der Waals surface area (Å²) in [6, 6.07) is 59.5.